The number of ether oxygens (including phenoxy) is 1. The summed E-state index contributed by atoms with van der Waals surface area (Å²) in [7, 11) is 0. The van der Waals surface area contributed by atoms with E-state index in [0.717, 1.165) is 19.9 Å². The third kappa shape index (κ3) is 3.49. The van der Waals surface area contributed by atoms with E-state index in [-0.39, 0.29) is 0 Å². The average Bonchev–Trinajstić information content (AvgIpc) is 2.29. The molecule has 0 aliphatic heterocycles. The molecular formula is C11H16BrNO2S. The van der Waals surface area contributed by atoms with Crippen LogP contribution in [0.4, 0.5) is 10.5 Å². The molecule has 1 N–H and O–H groups in total. The maximum absolute atomic E-state index is 11.6. The van der Waals surface area contributed by atoms with Gasteiger partial charge < -0.3 is 4.74 Å². The molecule has 0 atom stereocenters. The highest BCUT2D eigenvalue weighted by molar-refractivity contribution is 9.11. The number of anilines is 1. The molecule has 0 bridgehead atoms. The molecule has 0 saturated carbocycles. The van der Waals surface area contributed by atoms with Gasteiger partial charge in [0.1, 0.15) is 5.60 Å². The molecule has 1 amide bonds. The van der Waals surface area contributed by atoms with Gasteiger partial charge in [-0.3, -0.25) is 5.32 Å². The summed E-state index contributed by atoms with van der Waals surface area (Å²) in [4.78, 5) is 12.7. The molecule has 0 aliphatic carbocycles. The minimum absolute atomic E-state index is 0.413. The van der Waals surface area contributed by atoms with Gasteiger partial charge in [0.15, 0.2) is 0 Å². The molecule has 90 valence electrons. The monoisotopic (exact) mass is 305 g/mol. The van der Waals surface area contributed by atoms with E-state index in [2.05, 4.69) is 21.2 Å². The number of carbonyl (C=O) groups is 1. The second kappa shape index (κ2) is 4.75. The SMILES string of the molecule is Cc1sc(Br)c(C)c1NC(=O)OC(C)(C)C. The summed E-state index contributed by atoms with van der Waals surface area (Å²) in [5.74, 6) is 0. The molecule has 3 nitrogen and oxygen atoms in total. The fourth-order valence-electron chi connectivity index (χ4n) is 1.21. The number of hydrogen-bond acceptors (Lipinski definition) is 3. The van der Waals surface area contributed by atoms with Gasteiger partial charge in [-0.05, 0) is 56.1 Å². The Labute approximate surface area is 108 Å². The number of rotatable bonds is 1. The third-order valence-electron chi connectivity index (χ3n) is 1.89. The van der Waals surface area contributed by atoms with E-state index >= 15 is 0 Å². The maximum Gasteiger partial charge on any atom is 0.412 e. The van der Waals surface area contributed by atoms with Gasteiger partial charge in [0, 0.05) is 4.88 Å². The zero-order valence-corrected chi connectivity index (χ0v) is 12.5. The van der Waals surface area contributed by atoms with E-state index in [0.29, 0.717) is 0 Å². The Balaban J connectivity index is 2.78. The summed E-state index contributed by atoms with van der Waals surface area (Å²) in [6.45, 7) is 9.46. The molecule has 0 radical (unpaired) electrons. The molecule has 1 aromatic heterocycles. The van der Waals surface area contributed by atoms with E-state index in [1.54, 1.807) is 11.3 Å². The summed E-state index contributed by atoms with van der Waals surface area (Å²) >= 11 is 5.05. The Kier molecular flexibility index (Phi) is 4.02. The molecule has 16 heavy (non-hydrogen) atoms. The summed E-state index contributed by atoms with van der Waals surface area (Å²) in [5.41, 5.74) is 1.40. The van der Waals surface area contributed by atoms with Crippen LogP contribution >= 0.6 is 27.3 Å². The van der Waals surface area contributed by atoms with Gasteiger partial charge in [-0.2, -0.15) is 0 Å². The summed E-state index contributed by atoms with van der Waals surface area (Å²) in [6.07, 6.45) is -0.413. The van der Waals surface area contributed by atoms with Crippen molar-refractivity contribution < 1.29 is 9.53 Å². The van der Waals surface area contributed by atoms with Crippen molar-refractivity contribution in [1.82, 2.24) is 0 Å². The fourth-order valence-corrected chi connectivity index (χ4v) is 2.97. The van der Waals surface area contributed by atoms with Crippen LogP contribution in [-0.2, 0) is 4.74 Å². The Morgan fingerprint density at radius 1 is 1.38 bits per heavy atom. The lowest BCUT2D eigenvalue weighted by Crippen LogP contribution is -2.27. The quantitative estimate of drug-likeness (QED) is 0.831. The molecule has 0 saturated heterocycles. The van der Waals surface area contributed by atoms with Crippen molar-refractivity contribution >= 4 is 39.0 Å². The van der Waals surface area contributed by atoms with E-state index in [4.69, 9.17) is 4.74 Å². The van der Waals surface area contributed by atoms with Crippen molar-refractivity contribution in [2.24, 2.45) is 0 Å². The lowest BCUT2D eigenvalue weighted by Gasteiger charge is -2.19. The minimum Gasteiger partial charge on any atom is -0.444 e. The summed E-state index contributed by atoms with van der Waals surface area (Å²) < 4.78 is 6.24. The van der Waals surface area contributed by atoms with E-state index in [1.807, 2.05) is 34.6 Å². The first-order valence-electron chi connectivity index (χ1n) is 4.96. The number of halogens is 1. The first-order valence-corrected chi connectivity index (χ1v) is 6.57. The minimum atomic E-state index is -0.473. The van der Waals surface area contributed by atoms with Crippen molar-refractivity contribution in [3.05, 3.63) is 14.2 Å². The van der Waals surface area contributed by atoms with Crippen molar-refractivity contribution in [1.29, 1.82) is 0 Å². The molecule has 0 aliphatic rings. The van der Waals surface area contributed by atoms with Gasteiger partial charge in [0.25, 0.3) is 0 Å². The molecule has 0 aromatic carbocycles. The lowest BCUT2D eigenvalue weighted by atomic mass is 10.2. The highest BCUT2D eigenvalue weighted by atomic mass is 79.9. The predicted octanol–water partition coefficient (Wildman–Crippen LogP) is 4.47. The predicted molar refractivity (Wildman–Crippen MR) is 71.3 cm³/mol. The largest absolute Gasteiger partial charge is 0.444 e. The average molecular weight is 306 g/mol. The zero-order valence-electron chi connectivity index (χ0n) is 10.1. The van der Waals surface area contributed by atoms with Crippen LogP contribution in [0, 0.1) is 13.8 Å². The molecule has 0 spiro atoms. The van der Waals surface area contributed by atoms with Crippen molar-refractivity contribution in [3.63, 3.8) is 0 Å². The van der Waals surface area contributed by atoms with Gasteiger partial charge >= 0.3 is 6.09 Å². The zero-order chi connectivity index (χ0) is 12.5. The number of thiophene rings is 1. The van der Waals surface area contributed by atoms with Crippen LogP contribution in [0.2, 0.25) is 0 Å². The summed E-state index contributed by atoms with van der Waals surface area (Å²) in [5, 5.41) is 2.78. The van der Waals surface area contributed by atoms with Crippen LogP contribution in [0.1, 0.15) is 31.2 Å². The Bertz CT molecular complexity index is 407. The normalized spacial score (nSPS) is 11.4. The number of amides is 1. The molecule has 0 fully saturated rings. The standard InChI is InChI=1S/C11H16BrNO2S/c1-6-8(7(2)16-9(6)12)13-10(14)15-11(3,4)5/h1-5H3,(H,13,14). The van der Waals surface area contributed by atoms with Crippen molar-refractivity contribution in [2.75, 3.05) is 5.32 Å². The van der Waals surface area contributed by atoms with E-state index in [9.17, 15) is 4.79 Å². The topological polar surface area (TPSA) is 38.3 Å². The van der Waals surface area contributed by atoms with Crippen LogP contribution < -0.4 is 5.32 Å². The van der Waals surface area contributed by atoms with E-state index in [1.165, 1.54) is 0 Å². The first kappa shape index (κ1) is 13.5. The highest BCUT2D eigenvalue weighted by Gasteiger charge is 2.19. The number of aryl methyl sites for hydroxylation is 1. The van der Waals surface area contributed by atoms with Gasteiger partial charge in [-0.15, -0.1) is 11.3 Å². The molecule has 0 unspecified atom stereocenters. The lowest BCUT2D eigenvalue weighted by molar-refractivity contribution is 0.0636. The molecular weight excluding hydrogens is 290 g/mol. The highest BCUT2D eigenvalue weighted by Crippen LogP contribution is 2.36. The molecule has 1 rings (SSSR count). The number of hydrogen-bond donors (Lipinski definition) is 1. The number of nitrogens with one attached hydrogen (secondary N) is 1. The van der Waals surface area contributed by atoms with Crippen LogP contribution in [-0.4, -0.2) is 11.7 Å². The smallest absolute Gasteiger partial charge is 0.412 e. The Hall–Kier alpha value is -0.550. The van der Waals surface area contributed by atoms with Crippen LogP contribution in [0.15, 0.2) is 3.79 Å². The maximum atomic E-state index is 11.6. The number of carbonyl (C=O) groups excluding carboxylic acids is 1. The van der Waals surface area contributed by atoms with Gasteiger partial charge in [-0.1, -0.05) is 0 Å². The van der Waals surface area contributed by atoms with Crippen molar-refractivity contribution in [3.8, 4) is 0 Å². The molecule has 5 heteroatoms. The fraction of sp³-hybridized carbons (Fsp3) is 0.545. The van der Waals surface area contributed by atoms with Crippen LogP contribution in [0.25, 0.3) is 0 Å². The second-order valence-corrected chi connectivity index (χ2v) is 7.10. The Morgan fingerprint density at radius 2 is 1.94 bits per heavy atom. The first-order chi connectivity index (χ1) is 7.20. The van der Waals surface area contributed by atoms with Gasteiger partial charge in [0.05, 0.1) is 9.47 Å². The van der Waals surface area contributed by atoms with Crippen LogP contribution in [0.5, 0.6) is 0 Å². The molecule has 1 aromatic rings. The van der Waals surface area contributed by atoms with E-state index < -0.39 is 11.7 Å². The second-order valence-electron chi connectivity index (χ2n) is 4.56. The van der Waals surface area contributed by atoms with Crippen LogP contribution in [0.3, 0.4) is 0 Å². The molecule has 1 heterocycles. The van der Waals surface area contributed by atoms with Gasteiger partial charge in [0.2, 0.25) is 0 Å². The Morgan fingerprint density at radius 3 is 2.31 bits per heavy atom. The van der Waals surface area contributed by atoms with Gasteiger partial charge in [-0.25, -0.2) is 4.79 Å². The van der Waals surface area contributed by atoms with Crippen molar-refractivity contribution in [2.45, 2.75) is 40.2 Å². The summed E-state index contributed by atoms with van der Waals surface area (Å²) in [6, 6.07) is 0. The third-order valence-corrected chi connectivity index (χ3v) is 3.97.